The van der Waals surface area contributed by atoms with Crippen molar-refractivity contribution < 1.29 is 17.9 Å². The molecule has 4 heteroatoms. The molecular formula is C19H17F3O. The molecule has 23 heavy (non-hydrogen) atoms. The molecule has 0 bridgehead atoms. The van der Waals surface area contributed by atoms with E-state index in [1.54, 1.807) is 30.3 Å². The standard InChI is InChI=1S/C19H17F3O/c1-12-4-3-5-16-15(12)10-11-17(19(20,21)22)18(16)13-6-8-14(23-2)9-7-13/h3-9H,10-11H2,1-2H3. The quantitative estimate of drug-likeness (QED) is 0.729. The molecule has 120 valence electrons. The Morgan fingerprint density at radius 2 is 1.65 bits per heavy atom. The van der Waals surface area contributed by atoms with E-state index >= 15 is 0 Å². The Labute approximate surface area is 133 Å². The fourth-order valence-corrected chi connectivity index (χ4v) is 3.18. The summed E-state index contributed by atoms with van der Waals surface area (Å²) in [5.41, 5.74) is 3.16. The number of fused-ring (bicyclic) bond motifs is 1. The van der Waals surface area contributed by atoms with E-state index in [2.05, 4.69) is 0 Å². The van der Waals surface area contributed by atoms with Gasteiger partial charge in [0.05, 0.1) is 7.11 Å². The molecule has 0 aromatic heterocycles. The predicted molar refractivity (Wildman–Crippen MR) is 84.6 cm³/mol. The van der Waals surface area contributed by atoms with E-state index in [9.17, 15) is 13.2 Å². The van der Waals surface area contributed by atoms with Gasteiger partial charge in [0.15, 0.2) is 0 Å². The fourth-order valence-electron chi connectivity index (χ4n) is 3.18. The van der Waals surface area contributed by atoms with Crippen molar-refractivity contribution in [2.24, 2.45) is 0 Å². The molecule has 0 radical (unpaired) electrons. The lowest BCUT2D eigenvalue weighted by molar-refractivity contribution is -0.0934. The molecule has 2 aromatic rings. The maximum Gasteiger partial charge on any atom is 0.413 e. The van der Waals surface area contributed by atoms with Crippen molar-refractivity contribution in [1.82, 2.24) is 0 Å². The summed E-state index contributed by atoms with van der Waals surface area (Å²) in [4.78, 5) is 0. The van der Waals surface area contributed by atoms with Crippen molar-refractivity contribution in [3.05, 3.63) is 70.3 Å². The monoisotopic (exact) mass is 318 g/mol. The van der Waals surface area contributed by atoms with Gasteiger partial charge in [0.25, 0.3) is 0 Å². The molecule has 3 rings (SSSR count). The number of alkyl halides is 3. The van der Waals surface area contributed by atoms with E-state index in [0.29, 0.717) is 28.9 Å². The summed E-state index contributed by atoms with van der Waals surface area (Å²) in [6, 6.07) is 12.3. The number of halogens is 3. The molecule has 1 aliphatic rings. The van der Waals surface area contributed by atoms with Crippen molar-refractivity contribution in [3.8, 4) is 5.75 Å². The lowest BCUT2D eigenvalue weighted by atomic mass is 9.80. The second-order valence-electron chi connectivity index (χ2n) is 5.68. The zero-order chi connectivity index (χ0) is 16.6. The van der Waals surface area contributed by atoms with Crippen LogP contribution in [0.1, 0.15) is 28.7 Å². The Kier molecular flexibility index (Phi) is 3.92. The van der Waals surface area contributed by atoms with Crippen molar-refractivity contribution in [2.75, 3.05) is 7.11 Å². The minimum atomic E-state index is -4.32. The maximum absolute atomic E-state index is 13.5. The molecule has 0 amide bonds. The molecule has 2 aromatic carbocycles. The third-order valence-corrected chi connectivity index (χ3v) is 4.33. The predicted octanol–water partition coefficient (Wildman–Crippen LogP) is 5.31. The second-order valence-corrected chi connectivity index (χ2v) is 5.68. The van der Waals surface area contributed by atoms with Gasteiger partial charge in [0.1, 0.15) is 5.75 Å². The van der Waals surface area contributed by atoms with Crippen LogP contribution in [0.25, 0.3) is 5.57 Å². The molecule has 0 aliphatic heterocycles. The van der Waals surface area contributed by atoms with E-state index in [0.717, 1.165) is 11.1 Å². The van der Waals surface area contributed by atoms with Crippen LogP contribution in [0.15, 0.2) is 48.0 Å². The smallest absolute Gasteiger partial charge is 0.413 e. The molecule has 1 aliphatic carbocycles. The largest absolute Gasteiger partial charge is 0.497 e. The number of hydrogen-bond donors (Lipinski definition) is 0. The zero-order valence-corrected chi connectivity index (χ0v) is 13.0. The Hall–Kier alpha value is -2.23. The summed E-state index contributed by atoms with van der Waals surface area (Å²) in [6.07, 6.45) is -3.88. The molecule has 1 nitrogen and oxygen atoms in total. The van der Waals surface area contributed by atoms with Crippen molar-refractivity contribution in [3.63, 3.8) is 0 Å². The normalized spacial score (nSPS) is 14.7. The van der Waals surface area contributed by atoms with Crippen LogP contribution in [-0.4, -0.2) is 13.3 Å². The second kappa shape index (κ2) is 5.76. The Bertz CT molecular complexity index is 755. The van der Waals surface area contributed by atoms with Gasteiger partial charge in [0.2, 0.25) is 0 Å². The topological polar surface area (TPSA) is 9.23 Å². The van der Waals surface area contributed by atoms with Gasteiger partial charge in [-0.2, -0.15) is 13.2 Å². The van der Waals surface area contributed by atoms with Gasteiger partial charge >= 0.3 is 6.18 Å². The first-order chi connectivity index (χ1) is 10.9. The summed E-state index contributed by atoms with van der Waals surface area (Å²) in [5, 5.41) is 0. The first-order valence-corrected chi connectivity index (χ1v) is 7.45. The van der Waals surface area contributed by atoms with Crippen LogP contribution < -0.4 is 4.74 Å². The zero-order valence-electron chi connectivity index (χ0n) is 13.0. The number of methoxy groups -OCH3 is 1. The van der Waals surface area contributed by atoms with Gasteiger partial charge in [-0.25, -0.2) is 0 Å². The Balaban J connectivity index is 2.25. The Morgan fingerprint density at radius 1 is 0.957 bits per heavy atom. The molecule has 0 N–H and O–H groups in total. The van der Waals surface area contributed by atoms with E-state index < -0.39 is 11.7 Å². The number of benzene rings is 2. The third-order valence-electron chi connectivity index (χ3n) is 4.33. The lowest BCUT2D eigenvalue weighted by Crippen LogP contribution is -2.19. The Morgan fingerprint density at radius 3 is 2.26 bits per heavy atom. The summed E-state index contributed by atoms with van der Waals surface area (Å²) in [6.45, 7) is 1.95. The van der Waals surface area contributed by atoms with Gasteiger partial charge in [-0.1, -0.05) is 30.3 Å². The van der Waals surface area contributed by atoms with Gasteiger partial charge in [-0.15, -0.1) is 0 Å². The maximum atomic E-state index is 13.5. The van der Waals surface area contributed by atoms with Gasteiger partial charge in [-0.05, 0) is 59.7 Å². The first kappa shape index (κ1) is 15.7. The third kappa shape index (κ3) is 2.85. The van der Waals surface area contributed by atoms with Crippen LogP contribution >= 0.6 is 0 Å². The number of hydrogen-bond acceptors (Lipinski definition) is 1. The van der Waals surface area contributed by atoms with Crippen LogP contribution in [0.2, 0.25) is 0 Å². The van der Waals surface area contributed by atoms with Crippen LogP contribution in [0.3, 0.4) is 0 Å². The van der Waals surface area contributed by atoms with Crippen LogP contribution in [0.4, 0.5) is 13.2 Å². The minimum absolute atomic E-state index is 0.0166. The summed E-state index contributed by atoms with van der Waals surface area (Å²) in [7, 11) is 1.54. The summed E-state index contributed by atoms with van der Waals surface area (Å²) in [5.74, 6) is 0.628. The molecular weight excluding hydrogens is 301 g/mol. The van der Waals surface area contributed by atoms with Gasteiger partial charge in [0, 0.05) is 5.57 Å². The van der Waals surface area contributed by atoms with E-state index in [1.807, 2.05) is 19.1 Å². The molecule has 0 saturated carbocycles. The summed E-state index contributed by atoms with van der Waals surface area (Å²) < 4.78 is 45.7. The molecule has 0 fully saturated rings. The highest BCUT2D eigenvalue weighted by Gasteiger charge is 2.39. The highest BCUT2D eigenvalue weighted by molar-refractivity contribution is 5.86. The molecule has 0 atom stereocenters. The van der Waals surface area contributed by atoms with Crippen molar-refractivity contribution >= 4 is 5.57 Å². The van der Waals surface area contributed by atoms with Crippen LogP contribution in [-0.2, 0) is 6.42 Å². The van der Waals surface area contributed by atoms with Crippen molar-refractivity contribution in [1.29, 1.82) is 0 Å². The molecule has 0 unspecified atom stereocenters. The highest BCUT2D eigenvalue weighted by Crippen LogP contribution is 2.44. The van der Waals surface area contributed by atoms with Crippen LogP contribution in [0, 0.1) is 6.92 Å². The number of ether oxygens (including phenoxy) is 1. The summed E-state index contributed by atoms with van der Waals surface area (Å²) >= 11 is 0. The molecule has 0 spiro atoms. The van der Waals surface area contributed by atoms with E-state index in [4.69, 9.17) is 4.74 Å². The minimum Gasteiger partial charge on any atom is -0.497 e. The number of allylic oxidation sites excluding steroid dienone is 1. The van der Waals surface area contributed by atoms with Crippen LogP contribution in [0.5, 0.6) is 5.75 Å². The fraction of sp³-hybridized carbons (Fsp3) is 0.263. The SMILES string of the molecule is COc1ccc(C2=C(C(F)(F)F)CCc3c(C)cccc32)cc1. The highest BCUT2D eigenvalue weighted by atomic mass is 19.4. The lowest BCUT2D eigenvalue weighted by Gasteiger charge is -2.26. The number of rotatable bonds is 2. The van der Waals surface area contributed by atoms with E-state index in [-0.39, 0.29) is 6.42 Å². The average Bonchev–Trinajstić information content (AvgIpc) is 2.53. The van der Waals surface area contributed by atoms with E-state index in [1.165, 1.54) is 7.11 Å². The van der Waals surface area contributed by atoms with Gasteiger partial charge in [-0.3, -0.25) is 0 Å². The average molecular weight is 318 g/mol. The number of aryl methyl sites for hydroxylation is 1. The first-order valence-electron chi connectivity index (χ1n) is 7.45. The van der Waals surface area contributed by atoms with Crippen molar-refractivity contribution in [2.45, 2.75) is 25.9 Å². The van der Waals surface area contributed by atoms with Gasteiger partial charge < -0.3 is 4.74 Å². The molecule has 0 saturated heterocycles. The molecule has 0 heterocycles.